The first-order chi connectivity index (χ1) is 14.6. The summed E-state index contributed by atoms with van der Waals surface area (Å²) in [5.74, 6) is 2.13. The zero-order valence-electron chi connectivity index (χ0n) is 17.0. The average Bonchev–Trinajstić information content (AvgIpc) is 3.45. The van der Waals surface area contributed by atoms with Crippen molar-refractivity contribution in [3.63, 3.8) is 0 Å². The van der Waals surface area contributed by atoms with Gasteiger partial charge < -0.3 is 19.0 Å². The van der Waals surface area contributed by atoms with Crippen molar-refractivity contribution in [2.24, 2.45) is 0 Å². The van der Waals surface area contributed by atoms with Crippen LogP contribution in [0.3, 0.4) is 0 Å². The number of imidazole rings is 1. The first-order valence-corrected chi connectivity index (χ1v) is 9.62. The van der Waals surface area contributed by atoms with Gasteiger partial charge in [-0.25, -0.2) is 15.0 Å². The third kappa shape index (κ3) is 3.22. The fourth-order valence-corrected chi connectivity index (χ4v) is 3.40. The minimum absolute atomic E-state index is 0.365. The van der Waals surface area contributed by atoms with Gasteiger partial charge in [-0.15, -0.1) is 10.2 Å². The lowest BCUT2D eigenvalue weighted by atomic mass is 10.2. The van der Waals surface area contributed by atoms with E-state index in [-0.39, 0.29) is 0 Å². The molecule has 4 aromatic rings. The Kier molecular flexibility index (Phi) is 4.51. The first kappa shape index (κ1) is 18.4. The average molecular weight is 407 g/mol. The molecular weight excluding hydrogens is 386 g/mol. The highest BCUT2D eigenvalue weighted by atomic mass is 16.5. The Bertz CT molecular complexity index is 1180. The third-order valence-electron chi connectivity index (χ3n) is 4.88. The molecule has 0 radical (unpaired) electrons. The fourth-order valence-electron chi connectivity index (χ4n) is 3.40. The summed E-state index contributed by atoms with van der Waals surface area (Å²) in [6, 6.07) is 1.91. The Balaban J connectivity index is 1.79. The Labute approximate surface area is 172 Å². The van der Waals surface area contributed by atoms with Gasteiger partial charge in [0, 0.05) is 46.5 Å². The largest absolute Gasteiger partial charge is 0.420 e. The summed E-state index contributed by atoms with van der Waals surface area (Å²) >= 11 is 0. The van der Waals surface area contributed by atoms with Gasteiger partial charge in [0.25, 0.3) is 5.89 Å². The van der Waals surface area contributed by atoms with Crippen molar-refractivity contribution in [1.29, 1.82) is 0 Å². The molecule has 0 N–H and O–H groups in total. The minimum Gasteiger partial charge on any atom is -0.420 e. The topological polar surface area (TPSA) is 111 Å². The molecule has 5 rings (SSSR count). The molecule has 0 saturated carbocycles. The van der Waals surface area contributed by atoms with Crippen molar-refractivity contribution in [3.8, 4) is 17.5 Å². The predicted octanol–water partition coefficient (Wildman–Crippen LogP) is 1.47. The highest BCUT2D eigenvalue weighted by molar-refractivity contribution is 5.97. The maximum atomic E-state index is 5.63. The Morgan fingerprint density at radius 3 is 2.53 bits per heavy atom. The summed E-state index contributed by atoms with van der Waals surface area (Å²) < 4.78 is 13.0. The van der Waals surface area contributed by atoms with Gasteiger partial charge in [0.2, 0.25) is 11.8 Å². The van der Waals surface area contributed by atoms with E-state index < -0.39 is 0 Å². The van der Waals surface area contributed by atoms with E-state index in [1.54, 1.807) is 24.0 Å². The number of hydrogen-bond donors (Lipinski definition) is 0. The second-order valence-electron chi connectivity index (χ2n) is 7.16. The summed E-state index contributed by atoms with van der Waals surface area (Å²) in [7, 11) is 3.93. The predicted molar refractivity (Wildman–Crippen MR) is 110 cm³/mol. The van der Waals surface area contributed by atoms with Gasteiger partial charge in [0.1, 0.15) is 23.1 Å². The van der Waals surface area contributed by atoms with Crippen molar-refractivity contribution in [3.05, 3.63) is 30.7 Å². The number of rotatable bonds is 4. The molecule has 1 aliphatic heterocycles. The maximum absolute atomic E-state index is 5.63. The van der Waals surface area contributed by atoms with Crippen molar-refractivity contribution in [2.45, 2.75) is 6.92 Å². The van der Waals surface area contributed by atoms with Crippen LogP contribution < -0.4 is 9.80 Å². The molecule has 0 aliphatic carbocycles. The molecule has 1 fully saturated rings. The molecule has 1 saturated heterocycles. The Morgan fingerprint density at radius 2 is 1.87 bits per heavy atom. The molecule has 0 amide bonds. The van der Waals surface area contributed by atoms with Crippen LogP contribution in [0, 0.1) is 6.92 Å². The molecule has 0 spiro atoms. The summed E-state index contributed by atoms with van der Waals surface area (Å²) in [5, 5.41) is 8.08. The summed E-state index contributed by atoms with van der Waals surface area (Å²) in [5.41, 5.74) is 2.88. The van der Waals surface area contributed by atoms with Crippen LogP contribution in [0.2, 0.25) is 0 Å². The molecule has 154 valence electrons. The quantitative estimate of drug-likeness (QED) is 0.493. The van der Waals surface area contributed by atoms with Gasteiger partial charge in [-0.1, -0.05) is 0 Å². The number of aryl methyl sites for hydroxylation is 1. The summed E-state index contributed by atoms with van der Waals surface area (Å²) in [4.78, 5) is 22.8. The highest BCUT2D eigenvalue weighted by Gasteiger charge is 2.23. The van der Waals surface area contributed by atoms with E-state index >= 15 is 0 Å². The molecule has 11 heteroatoms. The Morgan fingerprint density at radius 1 is 1.03 bits per heavy atom. The number of nitrogens with zero attached hydrogens (tertiary/aromatic N) is 9. The number of pyridine rings is 1. The third-order valence-corrected chi connectivity index (χ3v) is 4.88. The van der Waals surface area contributed by atoms with Gasteiger partial charge in [-0.2, -0.15) is 4.98 Å². The number of anilines is 2. The second-order valence-corrected chi connectivity index (χ2v) is 7.16. The molecule has 30 heavy (non-hydrogen) atoms. The molecule has 0 unspecified atom stereocenters. The van der Waals surface area contributed by atoms with Gasteiger partial charge in [0.15, 0.2) is 5.82 Å². The number of aromatic nitrogens is 7. The molecule has 0 atom stereocenters. The lowest BCUT2D eigenvalue weighted by molar-refractivity contribution is 0.122. The number of ether oxygens (including phenoxy) is 1. The number of morpholine rings is 1. The number of hydrogen-bond acceptors (Lipinski definition) is 10. The molecule has 11 nitrogen and oxygen atoms in total. The SMILES string of the molecule is Cc1nnc(-c2cc(N(C)C)c3nc(-n4ccnc4)nc(N4CCOCC4)c3n2)o1. The maximum Gasteiger partial charge on any atom is 0.266 e. The van der Waals surface area contributed by atoms with Crippen molar-refractivity contribution in [1.82, 2.24) is 34.7 Å². The van der Waals surface area contributed by atoms with Crippen LogP contribution >= 0.6 is 0 Å². The van der Waals surface area contributed by atoms with E-state index in [2.05, 4.69) is 20.1 Å². The van der Waals surface area contributed by atoms with Crippen molar-refractivity contribution >= 4 is 22.5 Å². The molecule has 5 heterocycles. The fraction of sp³-hybridized carbons (Fsp3) is 0.368. The number of fused-ring (bicyclic) bond motifs is 1. The molecular formula is C19H21N9O2. The van der Waals surface area contributed by atoms with Gasteiger partial charge in [-0.3, -0.25) is 4.57 Å². The van der Waals surface area contributed by atoms with Crippen LogP contribution in [0.15, 0.2) is 29.2 Å². The summed E-state index contributed by atoms with van der Waals surface area (Å²) in [6.07, 6.45) is 5.21. The van der Waals surface area contributed by atoms with E-state index in [0.717, 1.165) is 30.1 Å². The molecule has 0 bridgehead atoms. The Hall–Kier alpha value is -3.60. The standard InChI is InChI=1S/C19H21N9O2/c1-12-24-25-18(30-12)13-10-14(26(2)3)15-16(21-13)17(27-6-8-29-9-7-27)23-19(22-15)28-5-4-20-11-28/h4-5,10-11H,6-9H2,1-3H3. The van der Waals surface area contributed by atoms with E-state index in [9.17, 15) is 0 Å². The molecule has 4 aromatic heterocycles. The van der Waals surface area contributed by atoms with E-state index in [1.807, 2.05) is 31.3 Å². The van der Waals surface area contributed by atoms with Crippen LogP contribution in [0.4, 0.5) is 11.5 Å². The van der Waals surface area contributed by atoms with Gasteiger partial charge >= 0.3 is 0 Å². The van der Waals surface area contributed by atoms with Crippen LogP contribution in [-0.4, -0.2) is 75.1 Å². The normalized spacial score (nSPS) is 14.4. The minimum atomic E-state index is 0.365. The van der Waals surface area contributed by atoms with Gasteiger partial charge in [0.05, 0.1) is 18.9 Å². The van der Waals surface area contributed by atoms with Gasteiger partial charge in [-0.05, 0) is 6.07 Å². The second kappa shape index (κ2) is 7.34. The van der Waals surface area contributed by atoms with E-state index in [4.69, 9.17) is 24.1 Å². The lowest BCUT2D eigenvalue weighted by Gasteiger charge is -2.29. The van der Waals surface area contributed by atoms with Crippen molar-refractivity contribution in [2.75, 3.05) is 50.2 Å². The monoisotopic (exact) mass is 407 g/mol. The molecule has 1 aliphatic rings. The zero-order chi connectivity index (χ0) is 20.7. The highest BCUT2D eigenvalue weighted by Crippen LogP contribution is 2.33. The van der Waals surface area contributed by atoms with E-state index in [1.165, 1.54) is 0 Å². The van der Waals surface area contributed by atoms with Crippen molar-refractivity contribution < 1.29 is 9.15 Å². The van der Waals surface area contributed by atoms with Crippen LogP contribution in [0.25, 0.3) is 28.6 Å². The van der Waals surface area contributed by atoms with Crippen LogP contribution in [-0.2, 0) is 4.74 Å². The van der Waals surface area contributed by atoms with Crippen LogP contribution in [0.1, 0.15) is 5.89 Å². The van der Waals surface area contributed by atoms with Crippen LogP contribution in [0.5, 0.6) is 0 Å². The smallest absolute Gasteiger partial charge is 0.266 e. The first-order valence-electron chi connectivity index (χ1n) is 9.62. The zero-order valence-corrected chi connectivity index (χ0v) is 17.0. The molecule has 0 aromatic carbocycles. The lowest BCUT2D eigenvalue weighted by Crippen LogP contribution is -2.37. The van der Waals surface area contributed by atoms with E-state index in [0.29, 0.717) is 42.2 Å². The summed E-state index contributed by atoms with van der Waals surface area (Å²) in [6.45, 7) is 4.46.